The van der Waals surface area contributed by atoms with Crippen LogP contribution in [0.2, 0.25) is 0 Å². The Morgan fingerprint density at radius 2 is 2.25 bits per heavy atom. The Balaban J connectivity index is 2.51. The number of aliphatic hydroxyl groups is 1. The zero-order chi connectivity index (χ0) is 12.0. The van der Waals surface area contributed by atoms with Crippen LogP contribution >= 0.6 is 11.3 Å². The molecule has 1 aromatic heterocycles. The predicted octanol–water partition coefficient (Wildman–Crippen LogP) is 1.79. The number of hydrogen-bond acceptors (Lipinski definition) is 3. The molecule has 0 radical (unpaired) electrons. The zero-order valence-corrected chi connectivity index (χ0v) is 9.73. The lowest BCUT2D eigenvalue weighted by Crippen LogP contribution is -2.23. The molecule has 0 bridgehead atoms. The summed E-state index contributed by atoms with van der Waals surface area (Å²) in [6.45, 7) is 0.101. The molecule has 0 aliphatic carbocycles. The Kier molecular flexibility index (Phi) is 5.39. The van der Waals surface area contributed by atoms with E-state index in [2.05, 4.69) is 11.8 Å². The number of hydrogen-bond donors (Lipinski definition) is 1. The minimum absolute atomic E-state index is 0.168. The second-order valence-electron chi connectivity index (χ2n) is 3.31. The van der Waals surface area contributed by atoms with Crippen LogP contribution in [0.5, 0.6) is 0 Å². The van der Waals surface area contributed by atoms with Crippen molar-refractivity contribution in [1.82, 2.24) is 4.90 Å². The van der Waals surface area contributed by atoms with Gasteiger partial charge in [-0.05, 0) is 19.2 Å². The zero-order valence-electron chi connectivity index (χ0n) is 8.91. The molecule has 0 atom stereocenters. The molecule has 2 nitrogen and oxygen atoms in total. The minimum Gasteiger partial charge on any atom is -0.384 e. The summed E-state index contributed by atoms with van der Waals surface area (Å²) in [6.07, 6.45) is -2.31. The first kappa shape index (κ1) is 13.1. The molecule has 0 amide bonds. The SMILES string of the molecule is CN(Cc1ccc(C#CCO)s1)CC(F)F. The van der Waals surface area contributed by atoms with Gasteiger partial charge in [0.15, 0.2) is 0 Å². The fraction of sp³-hybridized carbons (Fsp3) is 0.455. The van der Waals surface area contributed by atoms with E-state index in [9.17, 15) is 8.78 Å². The van der Waals surface area contributed by atoms with Crippen molar-refractivity contribution in [3.8, 4) is 11.8 Å². The van der Waals surface area contributed by atoms with Gasteiger partial charge in [-0.2, -0.15) is 0 Å². The first-order chi connectivity index (χ1) is 7.61. The van der Waals surface area contributed by atoms with Crippen molar-refractivity contribution in [1.29, 1.82) is 0 Å². The van der Waals surface area contributed by atoms with Gasteiger partial charge in [-0.25, -0.2) is 8.78 Å². The number of alkyl halides is 2. The van der Waals surface area contributed by atoms with Crippen molar-refractivity contribution >= 4 is 11.3 Å². The maximum Gasteiger partial charge on any atom is 0.251 e. The van der Waals surface area contributed by atoms with Crippen LogP contribution in [-0.4, -0.2) is 36.6 Å². The van der Waals surface area contributed by atoms with Gasteiger partial charge in [0, 0.05) is 11.4 Å². The number of nitrogens with zero attached hydrogens (tertiary/aromatic N) is 1. The highest BCUT2D eigenvalue weighted by Crippen LogP contribution is 2.17. The normalized spacial score (nSPS) is 10.6. The molecule has 1 rings (SSSR count). The molecule has 0 unspecified atom stereocenters. The van der Waals surface area contributed by atoms with E-state index in [-0.39, 0.29) is 13.2 Å². The monoisotopic (exact) mass is 245 g/mol. The summed E-state index contributed by atoms with van der Waals surface area (Å²) >= 11 is 1.46. The van der Waals surface area contributed by atoms with E-state index in [1.54, 1.807) is 11.9 Å². The molecule has 1 aromatic rings. The average molecular weight is 245 g/mol. The van der Waals surface area contributed by atoms with E-state index >= 15 is 0 Å². The van der Waals surface area contributed by atoms with Crippen molar-refractivity contribution < 1.29 is 13.9 Å². The summed E-state index contributed by atoms with van der Waals surface area (Å²) in [6, 6.07) is 3.70. The molecule has 0 aromatic carbocycles. The van der Waals surface area contributed by atoms with E-state index in [0.29, 0.717) is 6.54 Å². The standard InChI is InChI=1S/C11H13F2NOS/c1-14(8-11(12)13)7-10-5-4-9(16-10)3-2-6-15/h4-5,11,15H,6-8H2,1H3. The number of aliphatic hydroxyl groups excluding tert-OH is 1. The van der Waals surface area contributed by atoms with E-state index in [0.717, 1.165) is 9.75 Å². The summed E-state index contributed by atoms with van der Waals surface area (Å²) in [5.74, 6) is 5.33. The average Bonchev–Trinajstić information content (AvgIpc) is 2.61. The van der Waals surface area contributed by atoms with Gasteiger partial charge in [-0.1, -0.05) is 11.8 Å². The third-order valence-electron chi connectivity index (χ3n) is 1.83. The topological polar surface area (TPSA) is 23.5 Å². The Labute approximate surface area is 97.5 Å². The highest BCUT2D eigenvalue weighted by Gasteiger charge is 2.08. The highest BCUT2D eigenvalue weighted by atomic mass is 32.1. The first-order valence-electron chi connectivity index (χ1n) is 4.77. The summed E-state index contributed by atoms with van der Waals surface area (Å²) in [5.41, 5.74) is 0. The van der Waals surface area contributed by atoms with Gasteiger partial charge in [0.2, 0.25) is 0 Å². The third kappa shape index (κ3) is 4.71. The second kappa shape index (κ2) is 6.59. The summed E-state index contributed by atoms with van der Waals surface area (Å²) < 4.78 is 24.1. The van der Waals surface area contributed by atoms with Crippen molar-refractivity contribution in [2.75, 3.05) is 20.2 Å². The molecule has 1 N–H and O–H groups in total. The van der Waals surface area contributed by atoms with Crippen molar-refractivity contribution in [2.45, 2.75) is 13.0 Å². The third-order valence-corrected chi connectivity index (χ3v) is 2.81. The lowest BCUT2D eigenvalue weighted by molar-refractivity contribution is 0.0979. The molecule has 16 heavy (non-hydrogen) atoms. The number of thiophene rings is 1. The summed E-state index contributed by atoms with van der Waals surface area (Å²) in [4.78, 5) is 3.40. The van der Waals surface area contributed by atoms with Crippen molar-refractivity contribution in [3.63, 3.8) is 0 Å². The Bertz CT molecular complexity index is 381. The molecule has 88 valence electrons. The van der Waals surface area contributed by atoms with Gasteiger partial charge in [-0.15, -0.1) is 11.3 Å². The van der Waals surface area contributed by atoms with Gasteiger partial charge >= 0.3 is 0 Å². The summed E-state index contributed by atoms with van der Waals surface area (Å²) in [7, 11) is 1.66. The first-order valence-corrected chi connectivity index (χ1v) is 5.58. The molecular weight excluding hydrogens is 232 g/mol. The molecule has 0 saturated carbocycles. The molecule has 0 aliphatic heterocycles. The van der Waals surface area contributed by atoms with E-state index < -0.39 is 6.43 Å². The van der Waals surface area contributed by atoms with E-state index in [1.807, 2.05) is 12.1 Å². The van der Waals surface area contributed by atoms with Gasteiger partial charge < -0.3 is 5.11 Å². The highest BCUT2D eigenvalue weighted by molar-refractivity contribution is 7.12. The van der Waals surface area contributed by atoms with Crippen LogP contribution in [0.25, 0.3) is 0 Å². The van der Waals surface area contributed by atoms with Gasteiger partial charge in [0.05, 0.1) is 11.4 Å². The fourth-order valence-corrected chi connectivity index (χ4v) is 2.19. The van der Waals surface area contributed by atoms with Gasteiger partial charge in [-0.3, -0.25) is 4.90 Å². The molecule has 0 aliphatic rings. The van der Waals surface area contributed by atoms with Crippen LogP contribution in [0.15, 0.2) is 12.1 Å². The maximum absolute atomic E-state index is 12.1. The number of rotatable bonds is 4. The summed E-state index contributed by atoms with van der Waals surface area (Å²) in [5, 5.41) is 8.52. The number of halogens is 2. The maximum atomic E-state index is 12.1. The van der Waals surface area contributed by atoms with Crippen LogP contribution in [0.4, 0.5) is 8.78 Å². The van der Waals surface area contributed by atoms with Crippen LogP contribution in [-0.2, 0) is 6.54 Å². The minimum atomic E-state index is -2.31. The quantitative estimate of drug-likeness (QED) is 0.817. The van der Waals surface area contributed by atoms with Crippen LogP contribution in [0, 0.1) is 11.8 Å². The van der Waals surface area contributed by atoms with Crippen molar-refractivity contribution in [3.05, 3.63) is 21.9 Å². The van der Waals surface area contributed by atoms with Gasteiger partial charge in [0.1, 0.15) is 6.61 Å². The molecule has 0 fully saturated rings. The van der Waals surface area contributed by atoms with Crippen molar-refractivity contribution in [2.24, 2.45) is 0 Å². The predicted molar refractivity (Wildman–Crippen MR) is 60.6 cm³/mol. The molecule has 0 spiro atoms. The largest absolute Gasteiger partial charge is 0.384 e. The van der Waals surface area contributed by atoms with Crippen LogP contribution in [0.1, 0.15) is 9.75 Å². The molecule has 1 heterocycles. The fourth-order valence-electron chi connectivity index (χ4n) is 1.22. The lowest BCUT2D eigenvalue weighted by atomic mass is 10.4. The second-order valence-corrected chi connectivity index (χ2v) is 4.48. The van der Waals surface area contributed by atoms with E-state index in [4.69, 9.17) is 5.11 Å². The van der Waals surface area contributed by atoms with Crippen LogP contribution in [0.3, 0.4) is 0 Å². The molecule has 5 heteroatoms. The van der Waals surface area contributed by atoms with E-state index in [1.165, 1.54) is 11.3 Å². The van der Waals surface area contributed by atoms with Gasteiger partial charge in [0.25, 0.3) is 6.43 Å². The Hall–Kier alpha value is -0.960. The van der Waals surface area contributed by atoms with Crippen LogP contribution < -0.4 is 0 Å². The Morgan fingerprint density at radius 1 is 1.50 bits per heavy atom. The lowest BCUT2D eigenvalue weighted by Gasteiger charge is -2.14. The molecular formula is C11H13F2NOS. The molecule has 0 saturated heterocycles. The Morgan fingerprint density at radius 3 is 2.88 bits per heavy atom. The smallest absolute Gasteiger partial charge is 0.251 e.